The van der Waals surface area contributed by atoms with Crippen molar-refractivity contribution in [2.75, 3.05) is 18.9 Å². The Bertz CT molecular complexity index is 731. The molecule has 0 radical (unpaired) electrons. The van der Waals surface area contributed by atoms with E-state index >= 15 is 0 Å². The highest BCUT2D eigenvalue weighted by molar-refractivity contribution is 5.96. The molecule has 1 aromatic heterocycles. The van der Waals surface area contributed by atoms with E-state index in [9.17, 15) is 14.9 Å². The Morgan fingerprint density at radius 3 is 2.90 bits per heavy atom. The molecular formula is C14H14N4O3. The van der Waals surface area contributed by atoms with Crippen LogP contribution in [0.1, 0.15) is 6.42 Å². The van der Waals surface area contributed by atoms with Gasteiger partial charge in [-0.2, -0.15) is 0 Å². The van der Waals surface area contributed by atoms with E-state index in [-0.39, 0.29) is 11.6 Å². The molecule has 108 valence electrons. The smallest absolute Gasteiger partial charge is 0.301 e. The van der Waals surface area contributed by atoms with Crippen LogP contribution in [-0.2, 0) is 4.79 Å². The number of fused-ring (bicyclic) bond motifs is 1. The molecule has 0 spiro atoms. The Hall–Kier alpha value is -2.70. The number of benzene rings is 1. The second-order valence-corrected chi connectivity index (χ2v) is 5.03. The molecule has 7 heteroatoms. The van der Waals surface area contributed by atoms with Gasteiger partial charge in [0.15, 0.2) is 0 Å². The molecule has 1 saturated heterocycles. The predicted octanol–water partition coefficient (Wildman–Crippen LogP) is 1.79. The van der Waals surface area contributed by atoms with Crippen molar-refractivity contribution in [3.8, 4) is 0 Å². The molecule has 1 atom stereocenters. The number of amides is 1. The molecule has 2 heterocycles. The van der Waals surface area contributed by atoms with Crippen LogP contribution in [0, 0.1) is 10.1 Å². The molecule has 1 amide bonds. The van der Waals surface area contributed by atoms with Crippen LogP contribution in [0.2, 0.25) is 0 Å². The second-order valence-electron chi connectivity index (χ2n) is 5.03. The van der Waals surface area contributed by atoms with E-state index in [1.54, 1.807) is 42.4 Å². The number of nitrogens with one attached hydrogen (secondary N) is 1. The van der Waals surface area contributed by atoms with E-state index in [1.807, 2.05) is 0 Å². The lowest BCUT2D eigenvalue weighted by molar-refractivity contribution is -0.382. The number of likely N-dealkylation sites (tertiary alicyclic amines) is 1. The minimum Gasteiger partial charge on any atom is -0.368 e. The summed E-state index contributed by atoms with van der Waals surface area (Å²) in [6.45, 7) is 0.652. The van der Waals surface area contributed by atoms with E-state index < -0.39 is 11.0 Å². The highest BCUT2D eigenvalue weighted by Gasteiger charge is 2.31. The summed E-state index contributed by atoms with van der Waals surface area (Å²) in [4.78, 5) is 28.6. The van der Waals surface area contributed by atoms with E-state index in [4.69, 9.17) is 0 Å². The Kier molecular flexibility index (Phi) is 3.17. The van der Waals surface area contributed by atoms with Crippen LogP contribution in [0.25, 0.3) is 10.9 Å². The van der Waals surface area contributed by atoms with Gasteiger partial charge in [-0.3, -0.25) is 19.9 Å². The first kappa shape index (κ1) is 13.3. The van der Waals surface area contributed by atoms with Gasteiger partial charge in [0.2, 0.25) is 5.91 Å². The molecule has 1 fully saturated rings. The fourth-order valence-electron chi connectivity index (χ4n) is 2.59. The van der Waals surface area contributed by atoms with Gasteiger partial charge in [-0.15, -0.1) is 0 Å². The quantitative estimate of drug-likeness (QED) is 0.686. The number of pyridine rings is 1. The van der Waals surface area contributed by atoms with Gasteiger partial charge < -0.3 is 10.2 Å². The van der Waals surface area contributed by atoms with Crippen molar-refractivity contribution in [3.63, 3.8) is 0 Å². The number of likely N-dealkylation sites (N-methyl/N-ethyl adjacent to an activating group) is 1. The monoisotopic (exact) mass is 286 g/mol. The third-order valence-electron chi connectivity index (χ3n) is 3.70. The lowest BCUT2D eigenvalue weighted by Crippen LogP contribution is -2.31. The molecule has 2 aromatic rings. The summed E-state index contributed by atoms with van der Waals surface area (Å²) in [5, 5.41) is 14.9. The summed E-state index contributed by atoms with van der Waals surface area (Å²) < 4.78 is 0. The fourth-order valence-corrected chi connectivity index (χ4v) is 2.59. The topological polar surface area (TPSA) is 88.4 Å². The number of carbonyl (C=O) groups is 1. The van der Waals surface area contributed by atoms with Gasteiger partial charge in [0.05, 0.1) is 15.8 Å². The van der Waals surface area contributed by atoms with Crippen LogP contribution in [0.3, 0.4) is 0 Å². The number of nitro groups is 1. The number of anilines is 1. The van der Waals surface area contributed by atoms with Crippen molar-refractivity contribution < 1.29 is 9.72 Å². The highest BCUT2D eigenvalue weighted by atomic mass is 16.6. The lowest BCUT2D eigenvalue weighted by Gasteiger charge is -2.14. The van der Waals surface area contributed by atoms with Crippen LogP contribution >= 0.6 is 0 Å². The molecule has 7 nitrogen and oxygen atoms in total. The van der Waals surface area contributed by atoms with E-state index in [1.165, 1.54) is 0 Å². The largest absolute Gasteiger partial charge is 0.368 e. The molecule has 1 N–H and O–H groups in total. The Morgan fingerprint density at radius 1 is 1.43 bits per heavy atom. The number of carbonyl (C=O) groups excluding carboxylic acids is 1. The molecule has 21 heavy (non-hydrogen) atoms. The zero-order chi connectivity index (χ0) is 15.0. The van der Waals surface area contributed by atoms with Gasteiger partial charge in [0.25, 0.3) is 0 Å². The van der Waals surface area contributed by atoms with Crippen LogP contribution in [0.4, 0.5) is 11.4 Å². The van der Waals surface area contributed by atoms with E-state index in [0.29, 0.717) is 29.6 Å². The average molecular weight is 286 g/mol. The molecule has 0 saturated carbocycles. The normalized spacial score (nSPS) is 18.2. The van der Waals surface area contributed by atoms with Crippen molar-refractivity contribution >= 4 is 28.2 Å². The predicted molar refractivity (Wildman–Crippen MR) is 78.1 cm³/mol. The molecule has 3 rings (SSSR count). The maximum absolute atomic E-state index is 11.9. The summed E-state index contributed by atoms with van der Waals surface area (Å²) in [6, 6.07) is 6.23. The van der Waals surface area contributed by atoms with Gasteiger partial charge in [-0.1, -0.05) is 0 Å². The first-order valence-electron chi connectivity index (χ1n) is 6.61. The molecule has 0 bridgehead atoms. The third-order valence-corrected chi connectivity index (χ3v) is 3.70. The Balaban J connectivity index is 2.04. The molecule has 1 unspecified atom stereocenters. The zero-order valence-electron chi connectivity index (χ0n) is 11.4. The van der Waals surface area contributed by atoms with Crippen molar-refractivity contribution in [2.45, 2.75) is 12.5 Å². The lowest BCUT2D eigenvalue weighted by atomic mass is 10.1. The van der Waals surface area contributed by atoms with Gasteiger partial charge >= 0.3 is 5.69 Å². The number of nitrogens with zero attached hydrogens (tertiary/aromatic N) is 3. The number of nitro benzene ring substituents is 1. The maximum atomic E-state index is 11.9. The van der Waals surface area contributed by atoms with Crippen LogP contribution in [-0.4, -0.2) is 40.3 Å². The third kappa shape index (κ3) is 2.26. The summed E-state index contributed by atoms with van der Waals surface area (Å²) in [5.74, 6) is -0.0458. The second kappa shape index (κ2) is 5.01. The highest BCUT2D eigenvalue weighted by Crippen LogP contribution is 2.33. The van der Waals surface area contributed by atoms with E-state index in [0.717, 1.165) is 0 Å². The van der Waals surface area contributed by atoms with E-state index in [2.05, 4.69) is 10.3 Å². The molecule has 1 aliphatic heterocycles. The van der Waals surface area contributed by atoms with Crippen molar-refractivity contribution in [2.24, 2.45) is 0 Å². The number of hydrogen-bond acceptors (Lipinski definition) is 5. The molecule has 0 aliphatic carbocycles. The van der Waals surface area contributed by atoms with Crippen LogP contribution in [0.5, 0.6) is 0 Å². The van der Waals surface area contributed by atoms with Gasteiger partial charge in [0.1, 0.15) is 11.7 Å². The van der Waals surface area contributed by atoms with Gasteiger partial charge in [-0.25, -0.2) is 0 Å². The van der Waals surface area contributed by atoms with Crippen molar-refractivity contribution in [1.82, 2.24) is 9.88 Å². The Morgan fingerprint density at radius 2 is 2.24 bits per heavy atom. The maximum Gasteiger partial charge on any atom is 0.301 e. The summed E-state index contributed by atoms with van der Waals surface area (Å²) >= 11 is 0. The first-order valence-corrected chi connectivity index (χ1v) is 6.61. The summed E-state index contributed by atoms with van der Waals surface area (Å²) in [7, 11) is 1.72. The number of aromatic nitrogens is 1. The minimum absolute atomic E-state index is 0.0389. The van der Waals surface area contributed by atoms with Gasteiger partial charge in [0, 0.05) is 19.8 Å². The van der Waals surface area contributed by atoms with Crippen LogP contribution in [0.15, 0.2) is 30.5 Å². The number of rotatable bonds is 3. The Labute approximate surface area is 120 Å². The molecule has 1 aliphatic rings. The SMILES string of the molecule is CN1CCC(Nc2ccc3ncccc3c2[N+](=O)[O-])C1=O. The fraction of sp³-hybridized carbons (Fsp3) is 0.286. The average Bonchev–Trinajstić information content (AvgIpc) is 2.78. The summed E-state index contributed by atoms with van der Waals surface area (Å²) in [5.41, 5.74) is 0.877. The minimum atomic E-state index is -0.435. The molecular weight excluding hydrogens is 272 g/mol. The van der Waals surface area contributed by atoms with Crippen molar-refractivity contribution in [3.05, 3.63) is 40.6 Å². The molecule has 1 aromatic carbocycles. The number of hydrogen-bond donors (Lipinski definition) is 1. The van der Waals surface area contributed by atoms with Gasteiger partial charge in [-0.05, 0) is 30.7 Å². The zero-order valence-corrected chi connectivity index (χ0v) is 11.4. The van der Waals surface area contributed by atoms with Crippen LogP contribution < -0.4 is 5.32 Å². The van der Waals surface area contributed by atoms with Crippen molar-refractivity contribution in [1.29, 1.82) is 0 Å². The summed E-state index contributed by atoms with van der Waals surface area (Å²) in [6.07, 6.45) is 2.23. The standard InChI is InChI=1S/C14H14N4O3/c1-17-8-6-12(14(17)19)16-11-5-4-10-9(3-2-7-15-10)13(11)18(20)21/h2-5,7,12,16H,6,8H2,1H3. The first-order chi connectivity index (χ1) is 10.1.